The molecule has 0 aliphatic carbocycles. The Kier molecular flexibility index (Phi) is 4.29. The third kappa shape index (κ3) is 2.50. The summed E-state index contributed by atoms with van der Waals surface area (Å²) in [5, 5.41) is 0.507. The minimum Gasteiger partial charge on any atom is -0.496 e. The van der Waals surface area contributed by atoms with Gasteiger partial charge in [0.25, 0.3) is 0 Å². The fraction of sp³-hybridized carbons (Fsp3) is 0.375. The van der Waals surface area contributed by atoms with Gasteiger partial charge in [0.05, 0.1) is 12.8 Å². The molecule has 2 aromatic rings. The predicted molar refractivity (Wildman–Crippen MR) is 82.6 cm³/mol. The maximum Gasteiger partial charge on any atom is 0.136 e. The maximum atomic E-state index is 6.22. The Labute approximate surface area is 125 Å². The molecule has 1 heterocycles. The third-order valence-electron chi connectivity index (χ3n) is 3.58. The maximum absolute atomic E-state index is 6.22. The highest BCUT2D eigenvalue weighted by Crippen LogP contribution is 2.36. The fourth-order valence-electron chi connectivity index (χ4n) is 2.19. The summed E-state index contributed by atoms with van der Waals surface area (Å²) in [5.74, 6) is 1.60. The van der Waals surface area contributed by atoms with Gasteiger partial charge in [-0.1, -0.05) is 24.6 Å². The lowest BCUT2D eigenvalue weighted by Crippen LogP contribution is -2.02. The van der Waals surface area contributed by atoms with E-state index < -0.39 is 0 Å². The summed E-state index contributed by atoms with van der Waals surface area (Å²) in [5.41, 5.74) is 5.01. The summed E-state index contributed by atoms with van der Waals surface area (Å²) in [6.45, 7) is 8.07. The van der Waals surface area contributed by atoms with Crippen LogP contribution < -0.4 is 4.74 Å². The van der Waals surface area contributed by atoms with Gasteiger partial charge < -0.3 is 4.74 Å². The second-order valence-electron chi connectivity index (χ2n) is 4.85. The smallest absolute Gasteiger partial charge is 0.136 e. The van der Waals surface area contributed by atoms with Crippen LogP contribution >= 0.6 is 11.6 Å². The molecule has 0 unspecified atom stereocenters. The van der Waals surface area contributed by atoms with Gasteiger partial charge in [0.1, 0.15) is 16.7 Å². The zero-order valence-corrected chi connectivity index (χ0v) is 13.3. The van der Waals surface area contributed by atoms with Crippen LogP contribution in [0.15, 0.2) is 12.1 Å². The van der Waals surface area contributed by atoms with Crippen molar-refractivity contribution < 1.29 is 4.74 Å². The summed E-state index contributed by atoms with van der Waals surface area (Å²) in [4.78, 5) is 8.91. The monoisotopic (exact) mass is 290 g/mol. The van der Waals surface area contributed by atoms with E-state index in [9.17, 15) is 0 Å². The van der Waals surface area contributed by atoms with Gasteiger partial charge >= 0.3 is 0 Å². The van der Waals surface area contributed by atoms with Crippen LogP contribution in [0.5, 0.6) is 5.75 Å². The molecule has 0 spiro atoms. The molecule has 0 saturated heterocycles. The van der Waals surface area contributed by atoms with Gasteiger partial charge in [-0.25, -0.2) is 9.97 Å². The molecule has 3 nitrogen and oxygen atoms in total. The van der Waals surface area contributed by atoms with Crippen molar-refractivity contribution in [3.63, 3.8) is 0 Å². The Morgan fingerprint density at radius 2 is 1.80 bits per heavy atom. The number of rotatable bonds is 3. The fourth-order valence-corrected chi connectivity index (χ4v) is 2.38. The van der Waals surface area contributed by atoms with Crippen molar-refractivity contribution in [2.45, 2.75) is 34.1 Å². The van der Waals surface area contributed by atoms with Crippen molar-refractivity contribution in [3.8, 4) is 17.0 Å². The Balaban J connectivity index is 2.74. The van der Waals surface area contributed by atoms with Gasteiger partial charge in [-0.05, 0) is 38.0 Å². The van der Waals surface area contributed by atoms with E-state index in [-0.39, 0.29) is 0 Å². The zero-order chi connectivity index (χ0) is 14.9. The van der Waals surface area contributed by atoms with Gasteiger partial charge in [0, 0.05) is 17.5 Å². The molecule has 0 N–H and O–H groups in total. The molecular formula is C16H19ClN2O. The van der Waals surface area contributed by atoms with Crippen LogP contribution in [-0.4, -0.2) is 17.1 Å². The highest BCUT2D eigenvalue weighted by Gasteiger charge is 2.16. The van der Waals surface area contributed by atoms with Crippen LogP contribution in [0.25, 0.3) is 11.3 Å². The summed E-state index contributed by atoms with van der Waals surface area (Å²) >= 11 is 6.22. The Bertz CT molecular complexity index is 653. The molecule has 0 saturated carbocycles. The minimum atomic E-state index is 0.507. The van der Waals surface area contributed by atoms with Gasteiger partial charge in [-0.3, -0.25) is 0 Å². The Morgan fingerprint density at radius 1 is 1.10 bits per heavy atom. The van der Waals surface area contributed by atoms with Crippen molar-refractivity contribution >= 4 is 11.6 Å². The zero-order valence-electron chi connectivity index (χ0n) is 12.5. The molecule has 0 amide bonds. The molecule has 0 bridgehead atoms. The molecule has 0 fully saturated rings. The first-order valence-corrected chi connectivity index (χ1v) is 7.05. The normalized spacial score (nSPS) is 10.7. The van der Waals surface area contributed by atoms with Crippen LogP contribution in [-0.2, 0) is 6.42 Å². The van der Waals surface area contributed by atoms with E-state index in [0.717, 1.165) is 40.4 Å². The van der Waals surface area contributed by atoms with E-state index in [1.165, 1.54) is 5.56 Å². The molecule has 0 aliphatic rings. The number of aryl methyl sites for hydroxylation is 2. The van der Waals surface area contributed by atoms with Gasteiger partial charge in [0.15, 0.2) is 0 Å². The van der Waals surface area contributed by atoms with E-state index in [1.54, 1.807) is 7.11 Å². The molecule has 2 rings (SSSR count). The van der Waals surface area contributed by atoms with Crippen molar-refractivity contribution in [1.82, 2.24) is 9.97 Å². The first kappa shape index (κ1) is 14.8. The Morgan fingerprint density at radius 3 is 2.40 bits per heavy atom. The lowest BCUT2D eigenvalue weighted by Gasteiger charge is -2.15. The Hall–Kier alpha value is -1.61. The molecule has 106 valence electrons. The average molecular weight is 291 g/mol. The third-order valence-corrected chi connectivity index (χ3v) is 3.95. The highest BCUT2D eigenvalue weighted by atomic mass is 35.5. The minimum absolute atomic E-state index is 0.507. The molecule has 0 aliphatic heterocycles. The van der Waals surface area contributed by atoms with Crippen LogP contribution in [0.2, 0.25) is 5.15 Å². The molecule has 20 heavy (non-hydrogen) atoms. The molecule has 1 aromatic heterocycles. The second-order valence-corrected chi connectivity index (χ2v) is 5.20. The summed E-state index contributed by atoms with van der Waals surface area (Å²) < 4.78 is 5.58. The largest absolute Gasteiger partial charge is 0.496 e. The summed E-state index contributed by atoms with van der Waals surface area (Å²) in [7, 11) is 1.68. The molecule has 1 aromatic carbocycles. The topological polar surface area (TPSA) is 35.0 Å². The summed E-state index contributed by atoms with van der Waals surface area (Å²) in [6.07, 6.45) is 0.750. The standard InChI is InChI=1S/C16H19ClN2O/c1-6-13-18-14(11(4)16(17)19-13)12-8-7-9(2)10(3)15(12)20-5/h7-8H,6H2,1-5H3. The van der Waals surface area contributed by atoms with E-state index in [4.69, 9.17) is 16.3 Å². The second kappa shape index (κ2) is 5.80. The quantitative estimate of drug-likeness (QED) is 0.791. The first-order valence-electron chi connectivity index (χ1n) is 6.67. The summed E-state index contributed by atoms with van der Waals surface area (Å²) in [6, 6.07) is 4.11. The molecular weight excluding hydrogens is 272 g/mol. The average Bonchev–Trinajstić information content (AvgIpc) is 2.44. The molecule has 4 heteroatoms. The highest BCUT2D eigenvalue weighted by molar-refractivity contribution is 6.30. The number of nitrogens with zero attached hydrogens (tertiary/aromatic N) is 2. The van der Waals surface area contributed by atoms with Crippen LogP contribution in [0, 0.1) is 20.8 Å². The number of benzene rings is 1. The van der Waals surface area contributed by atoms with Gasteiger partial charge in [-0.15, -0.1) is 0 Å². The number of aromatic nitrogens is 2. The molecule has 0 radical (unpaired) electrons. The SMILES string of the molecule is CCc1nc(Cl)c(C)c(-c2ccc(C)c(C)c2OC)n1. The van der Waals surface area contributed by atoms with E-state index >= 15 is 0 Å². The van der Waals surface area contributed by atoms with Crippen LogP contribution in [0.3, 0.4) is 0 Å². The van der Waals surface area contributed by atoms with Gasteiger partial charge in [0.2, 0.25) is 0 Å². The number of halogens is 1. The van der Waals surface area contributed by atoms with Crippen molar-refractivity contribution in [1.29, 1.82) is 0 Å². The number of ether oxygens (including phenoxy) is 1. The van der Waals surface area contributed by atoms with Crippen molar-refractivity contribution in [2.24, 2.45) is 0 Å². The van der Waals surface area contributed by atoms with Gasteiger partial charge in [-0.2, -0.15) is 0 Å². The van der Waals surface area contributed by atoms with E-state index in [1.807, 2.05) is 19.9 Å². The predicted octanol–water partition coefficient (Wildman–Crippen LogP) is 4.29. The van der Waals surface area contributed by atoms with E-state index in [0.29, 0.717) is 5.15 Å². The lowest BCUT2D eigenvalue weighted by molar-refractivity contribution is 0.413. The molecule has 0 atom stereocenters. The number of hydrogen-bond donors (Lipinski definition) is 0. The van der Waals surface area contributed by atoms with Crippen LogP contribution in [0.4, 0.5) is 0 Å². The van der Waals surface area contributed by atoms with Crippen LogP contribution in [0.1, 0.15) is 29.4 Å². The number of methoxy groups -OCH3 is 1. The number of hydrogen-bond acceptors (Lipinski definition) is 3. The van der Waals surface area contributed by atoms with Crippen molar-refractivity contribution in [2.75, 3.05) is 7.11 Å². The lowest BCUT2D eigenvalue weighted by atomic mass is 10.00. The van der Waals surface area contributed by atoms with Crippen molar-refractivity contribution in [3.05, 3.63) is 39.8 Å². The van der Waals surface area contributed by atoms with E-state index in [2.05, 4.69) is 29.9 Å². The first-order chi connectivity index (χ1) is 9.49.